The van der Waals surface area contributed by atoms with E-state index in [0.29, 0.717) is 34.4 Å². The van der Waals surface area contributed by atoms with Crippen LogP contribution in [0, 0.1) is 34.4 Å². The van der Waals surface area contributed by atoms with Crippen LogP contribution in [0.1, 0.15) is 62.6 Å². The number of halogens is 1. The first-order valence-electron chi connectivity index (χ1n) is 14.2. The topological polar surface area (TPSA) is 98.2 Å². The van der Waals surface area contributed by atoms with Crippen LogP contribution in [0.25, 0.3) is 11.0 Å². The SMILES string of the molecule is CN(c1c(C#N)c(=O)n(C)c2ccc(C#N)nc12)C1CCC(N(CC2CC2)c2ccc(F)c(OC3CC3)c2)CC1. The summed E-state index contributed by atoms with van der Waals surface area (Å²) in [6.07, 6.45) is 8.16. The summed E-state index contributed by atoms with van der Waals surface area (Å²) in [5.41, 5.74) is 2.52. The average Bonchev–Trinajstić information content (AvgIpc) is 3.91. The van der Waals surface area contributed by atoms with Gasteiger partial charge < -0.3 is 19.1 Å². The van der Waals surface area contributed by atoms with Gasteiger partial charge in [-0.15, -0.1) is 0 Å². The Morgan fingerprint density at radius 1 is 1.02 bits per heavy atom. The molecular formula is C31H33FN6O2. The van der Waals surface area contributed by atoms with Gasteiger partial charge in [0.15, 0.2) is 11.6 Å². The predicted molar refractivity (Wildman–Crippen MR) is 151 cm³/mol. The van der Waals surface area contributed by atoms with Crippen molar-refractivity contribution >= 4 is 22.4 Å². The van der Waals surface area contributed by atoms with E-state index in [0.717, 1.165) is 50.8 Å². The fourth-order valence-corrected chi connectivity index (χ4v) is 6.01. The van der Waals surface area contributed by atoms with Crippen LogP contribution >= 0.6 is 0 Å². The molecule has 40 heavy (non-hydrogen) atoms. The molecule has 1 aromatic carbocycles. The van der Waals surface area contributed by atoms with Crippen LogP contribution in [-0.2, 0) is 7.05 Å². The Bertz CT molecular complexity index is 1590. The molecule has 0 atom stereocenters. The Labute approximate surface area is 233 Å². The van der Waals surface area contributed by atoms with Crippen molar-refractivity contribution in [3.8, 4) is 17.9 Å². The van der Waals surface area contributed by atoms with Crippen LogP contribution in [0.3, 0.4) is 0 Å². The molecule has 3 aliphatic rings. The maximum atomic E-state index is 14.5. The number of rotatable bonds is 8. The summed E-state index contributed by atoms with van der Waals surface area (Å²) in [6, 6.07) is 13.2. The molecular weight excluding hydrogens is 507 g/mol. The highest BCUT2D eigenvalue weighted by Gasteiger charge is 2.34. The molecule has 0 amide bonds. The fraction of sp³-hybridized carbons (Fsp3) is 0.484. The van der Waals surface area contributed by atoms with E-state index in [1.54, 1.807) is 19.2 Å². The molecule has 9 heteroatoms. The first kappa shape index (κ1) is 26.1. The van der Waals surface area contributed by atoms with Crippen LogP contribution in [0.15, 0.2) is 35.1 Å². The number of fused-ring (bicyclic) bond motifs is 1. The lowest BCUT2D eigenvalue weighted by molar-refractivity contribution is 0.287. The molecule has 6 rings (SSSR count). The number of aryl methyl sites for hydroxylation is 1. The Hall–Kier alpha value is -4.11. The minimum absolute atomic E-state index is 0.0482. The third-order valence-electron chi connectivity index (χ3n) is 8.66. The van der Waals surface area contributed by atoms with E-state index in [-0.39, 0.29) is 34.8 Å². The molecule has 206 valence electrons. The summed E-state index contributed by atoms with van der Waals surface area (Å²) in [5.74, 6) is 0.707. The van der Waals surface area contributed by atoms with Gasteiger partial charge in [0.05, 0.1) is 17.3 Å². The van der Waals surface area contributed by atoms with E-state index in [2.05, 4.69) is 22.0 Å². The lowest BCUT2D eigenvalue weighted by Gasteiger charge is -2.42. The molecule has 0 N–H and O–H groups in total. The summed E-state index contributed by atoms with van der Waals surface area (Å²) in [6.45, 7) is 0.957. The zero-order valence-corrected chi connectivity index (χ0v) is 22.9. The van der Waals surface area contributed by atoms with Gasteiger partial charge in [-0.1, -0.05) is 0 Å². The van der Waals surface area contributed by atoms with Gasteiger partial charge in [-0.25, -0.2) is 9.37 Å². The number of anilines is 2. The van der Waals surface area contributed by atoms with E-state index >= 15 is 0 Å². The number of hydrogen-bond acceptors (Lipinski definition) is 7. The van der Waals surface area contributed by atoms with Crippen molar-refractivity contribution in [2.24, 2.45) is 13.0 Å². The molecule has 0 bridgehead atoms. The van der Waals surface area contributed by atoms with Crippen molar-refractivity contribution in [3.63, 3.8) is 0 Å². The lowest BCUT2D eigenvalue weighted by Crippen LogP contribution is -2.44. The van der Waals surface area contributed by atoms with Crippen molar-refractivity contribution in [1.82, 2.24) is 9.55 Å². The van der Waals surface area contributed by atoms with Crippen molar-refractivity contribution in [1.29, 1.82) is 10.5 Å². The first-order chi connectivity index (χ1) is 19.4. The Morgan fingerprint density at radius 2 is 1.75 bits per heavy atom. The molecule has 3 aromatic rings. The van der Waals surface area contributed by atoms with Crippen LogP contribution in [0.4, 0.5) is 15.8 Å². The number of benzene rings is 1. The molecule has 3 fully saturated rings. The van der Waals surface area contributed by atoms with Gasteiger partial charge in [-0.05, 0) is 81.5 Å². The highest BCUT2D eigenvalue weighted by atomic mass is 19.1. The Morgan fingerprint density at radius 3 is 2.40 bits per heavy atom. The first-order valence-corrected chi connectivity index (χ1v) is 14.2. The van der Waals surface area contributed by atoms with Crippen molar-refractivity contribution < 1.29 is 9.13 Å². The van der Waals surface area contributed by atoms with E-state index in [1.165, 1.54) is 23.5 Å². The molecule has 2 aromatic heterocycles. The molecule has 0 aliphatic heterocycles. The molecule has 0 unspecified atom stereocenters. The number of nitriles is 2. The summed E-state index contributed by atoms with van der Waals surface area (Å²) in [7, 11) is 3.55. The number of ether oxygens (including phenoxy) is 1. The second-order valence-electron chi connectivity index (χ2n) is 11.5. The van der Waals surface area contributed by atoms with E-state index < -0.39 is 0 Å². The van der Waals surface area contributed by atoms with E-state index in [1.807, 2.05) is 24.1 Å². The lowest BCUT2D eigenvalue weighted by atomic mass is 9.88. The van der Waals surface area contributed by atoms with Crippen molar-refractivity contribution in [2.45, 2.75) is 69.6 Å². The van der Waals surface area contributed by atoms with Gasteiger partial charge in [0, 0.05) is 44.5 Å². The normalized spacial score (nSPS) is 20.5. The third-order valence-corrected chi connectivity index (χ3v) is 8.66. The highest BCUT2D eigenvalue weighted by Crippen LogP contribution is 2.39. The van der Waals surface area contributed by atoms with Crippen LogP contribution in [0.5, 0.6) is 5.75 Å². The standard InChI is InChI=1S/C31H33FN6O2/c1-36(30-25(17-34)31(39)37(2)27-14-5-20(16-33)35-29(27)30)21-6-8-22(9-7-21)38(18-19-3-4-19)23-10-13-26(32)28(15-23)40-24-11-12-24/h5,10,13-15,19,21-22,24H,3-4,6-9,11-12,18H2,1-2H3. The Balaban J connectivity index is 1.26. The Kier molecular flexibility index (Phi) is 6.83. The maximum absolute atomic E-state index is 14.5. The molecule has 8 nitrogen and oxygen atoms in total. The second-order valence-corrected chi connectivity index (χ2v) is 11.5. The highest BCUT2D eigenvalue weighted by molar-refractivity contribution is 5.92. The number of pyridine rings is 2. The molecule has 0 radical (unpaired) electrons. The number of hydrogen-bond donors (Lipinski definition) is 0. The van der Waals surface area contributed by atoms with Gasteiger partial charge >= 0.3 is 0 Å². The van der Waals surface area contributed by atoms with E-state index in [9.17, 15) is 19.7 Å². The maximum Gasteiger partial charge on any atom is 0.270 e. The summed E-state index contributed by atoms with van der Waals surface area (Å²) in [4.78, 5) is 22.1. The van der Waals surface area contributed by atoms with E-state index in [4.69, 9.17) is 4.74 Å². The second kappa shape index (κ2) is 10.5. The minimum Gasteiger partial charge on any atom is -0.487 e. The van der Waals surface area contributed by atoms with Gasteiger partial charge in [-0.3, -0.25) is 4.79 Å². The largest absolute Gasteiger partial charge is 0.487 e. The van der Waals surface area contributed by atoms with Gasteiger partial charge in [0.25, 0.3) is 5.56 Å². The van der Waals surface area contributed by atoms with Gasteiger partial charge in [0.1, 0.15) is 28.9 Å². The smallest absolute Gasteiger partial charge is 0.270 e. The zero-order valence-electron chi connectivity index (χ0n) is 22.9. The number of nitrogens with zero attached hydrogens (tertiary/aromatic N) is 6. The van der Waals surface area contributed by atoms with Crippen LogP contribution in [0.2, 0.25) is 0 Å². The average molecular weight is 541 g/mol. The van der Waals surface area contributed by atoms with Gasteiger partial charge in [0.2, 0.25) is 0 Å². The van der Waals surface area contributed by atoms with Gasteiger partial charge in [-0.2, -0.15) is 10.5 Å². The monoisotopic (exact) mass is 540 g/mol. The molecule has 0 saturated heterocycles. The minimum atomic E-state index is -0.367. The number of aromatic nitrogens is 2. The molecule has 3 saturated carbocycles. The third kappa shape index (κ3) is 4.97. The molecule has 3 aliphatic carbocycles. The molecule has 0 spiro atoms. The fourth-order valence-electron chi connectivity index (χ4n) is 6.01. The summed E-state index contributed by atoms with van der Waals surface area (Å²) in [5, 5.41) is 19.4. The quantitative estimate of drug-likeness (QED) is 0.396. The van der Waals surface area contributed by atoms with Crippen LogP contribution < -0.4 is 20.1 Å². The summed E-state index contributed by atoms with van der Waals surface area (Å²) < 4.78 is 21.8. The van der Waals surface area contributed by atoms with Crippen molar-refractivity contribution in [2.75, 3.05) is 23.4 Å². The predicted octanol–water partition coefficient (Wildman–Crippen LogP) is 5.02. The zero-order chi connectivity index (χ0) is 28.0. The summed E-state index contributed by atoms with van der Waals surface area (Å²) >= 11 is 0. The molecule has 2 heterocycles. The van der Waals surface area contributed by atoms with Crippen molar-refractivity contribution in [3.05, 3.63) is 57.8 Å². The van der Waals surface area contributed by atoms with Crippen LogP contribution in [-0.4, -0.2) is 41.3 Å².